The lowest BCUT2D eigenvalue weighted by molar-refractivity contribution is 0.639. The largest absolute Gasteiger partial charge is 0.368 e. The summed E-state index contributed by atoms with van der Waals surface area (Å²) in [7, 11) is 1.94. The van der Waals surface area contributed by atoms with Gasteiger partial charge in [-0.25, -0.2) is 9.97 Å². The van der Waals surface area contributed by atoms with E-state index in [1.165, 1.54) is 5.69 Å². The van der Waals surface area contributed by atoms with Gasteiger partial charge in [-0.1, -0.05) is 0 Å². The molecule has 1 saturated heterocycles. The normalized spacial score (nSPS) is 15.3. The minimum atomic E-state index is 0.797. The quantitative estimate of drug-likeness (QED) is 0.901. The average Bonchev–Trinajstić information content (AvgIpc) is 2.56. The molecule has 0 aromatic carbocycles. The van der Waals surface area contributed by atoms with Gasteiger partial charge in [-0.05, 0) is 25.2 Å². The van der Waals surface area contributed by atoms with E-state index in [0.717, 1.165) is 44.4 Å². The van der Waals surface area contributed by atoms with E-state index in [1.807, 2.05) is 19.3 Å². The highest BCUT2D eigenvalue weighted by Crippen LogP contribution is 2.18. The summed E-state index contributed by atoms with van der Waals surface area (Å²) in [5.74, 6) is 0.822. The highest BCUT2D eigenvalue weighted by molar-refractivity contribution is 5.48. The van der Waals surface area contributed by atoms with E-state index in [2.05, 4.69) is 42.2 Å². The van der Waals surface area contributed by atoms with Crippen LogP contribution in [0.5, 0.6) is 0 Å². The highest BCUT2D eigenvalue weighted by Gasteiger charge is 2.19. The molecule has 1 N–H and O–H groups in total. The number of piperazine rings is 1. The van der Waals surface area contributed by atoms with Gasteiger partial charge in [-0.15, -0.1) is 0 Å². The van der Waals surface area contributed by atoms with Crippen LogP contribution in [0.25, 0.3) is 0 Å². The lowest BCUT2D eigenvalue weighted by Gasteiger charge is -2.36. The van der Waals surface area contributed by atoms with Crippen molar-refractivity contribution in [2.45, 2.75) is 6.54 Å². The first-order valence-electron chi connectivity index (χ1n) is 7.23. The van der Waals surface area contributed by atoms with Crippen molar-refractivity contribution in [2.24, 2.45) is 0 Å². The average molecular weight is 284 g/mol. The van der Waals surface area contributed by atoms with Gasteiger partial charge in [0.2, 0.25) is 5.95 Å². The summed E-state index contributed by atoms with van der Waals surface area (Å²) in [6.45, 7) is 4.62. The Morgan fingerprint density at radius 1 is 1.00 bits per heavy atom. The fourth-order valence-corrected chi connectivity index (χ4v) is 2.56. The lowest BCUT2D eigenvalue weighted by atomic mass is 10.2. The van der Waals surface area contributed by atoms with E-state index < -0.39 is 0 Å². The molecule has 1 fully saturated rings. The highest BCUT2D eigenvalue weighted by atomic mass is 15.3. The number of anilines is 2. The summed E-state index contributed by atoms with van der Waals surface area (Å²) in [4.78, 5) is 17.6. The molecule has 0 radical (unpaired) electrons. The molecule has 110 valence electrons. The van der Waals surface area contributed by atoms with Crippen molar-refractivity contribution in [3.63, 3.8) is 0 Å². The first-order chi connectivity index (χ1) is 10.4. The molecule has 0 spiro atoms. The third-order valence-corrected chi connectivity index (χ3v) is 3.64. The smallest absolute Gasteiger partial charge is 0.225 e. The summed E-state index contributed by atoms with van der Waals surface area (Å²) in [5.41, 5.74) is 2.31. The third-order valence-electron chi connectivity index (χ3n) is 3.64. The molecular formula is C15H20N6. The SMILES string of the molecule is CNCc1cc(N2CCN(c3ncccn3)CC2)ccn1. The Morgan fingerprint density at radius 2 is 1.71 bits per heavy atom. The molecule has 1 aliphatic rings. The van der Waals surface area contributed by atoms with Gasteiger partial charge >= 0.3 is 0 Å². The number of hydrogen-bond acceptors (Lipinski definition) is 6. The molecule has 0 saturated carbocycles. The van der Waals surface area contributed by atoms with E-state index in [1.54, 1.807) is 12.4 Å². The number of hydrogen-bond donors (Lipinski definition) is 1. The van der Waals surface area contributed by atoms with E-state index in [0.29, 0.717) is 0 Å². The Bertz CT molecular complexity index is 565. The molecule has 0 bridgehead atoms. The maximum Gasteiger partial charge on any atom is 0.225 e. The molecule has 0 atom stereocenters. The number of nitrogens with zero attached hydrogens (tertiary/aromatic N) is 5. The molecule has 6 nitrogen and oxygen atoms in total. The summed E-state index contributed by atoms with van der Waals surface area (Å²) in [5, 5.41) is 3.14. The molecular weight excluding hydrogens is 264 g/mol. The fourth-order valence-electron chi connectivity index (χ4n) is 2.56. The van der Waals surface area contributed by atoms with Crippen molar-refractivity contribution in [1.29, 1.82) is 0 Å². The molecule has 6 heteroatoms. The Labute approximate surface area is 124 Å². The van der Waals surface area contributed by atoms with Crippen LogP contribution in [0.4, 0.5) is 11.6 Å². The maximum absolute atomic E-state index is 4.37. The van der Waals surface area contributed by atoms with Crippen LogP contribution < -0.4 is 15.1 Å². The lowest BCUT2D eigenvalue weighted by Crippen LogP contribution is -2.47. The Morgan fingerprint density at radius 3 is 2.43 bits per heavy atom. The zero-order valence-electron chi connectivity index (χ0n) is 12.2. The molecule has 2 aromatic heterocycles. The zero-order chi connectivity index (χ0) is 14.5. The number of rotatable bonds is 4. The molecule has 0 unspecified atom stereocenters. The van der Waals surface area contributed by atoms with Crippen LogP contribution in [0.15, 0.2) is 36.8 Å². The van der Waals surface area contributed by atoms with Gasteiger partial charge in [0.15, 0.2) is 0 Å². The van der Waals surface area contributed by atoms with Crippen molar-refractivity contribution in [1.82, 2.24) is 20.3 Å². The van der Waals surface area contributed by atoms with Gasteiger partial charge in [0.25, 0.3) is 0 Å². The molecule has 3 heterocycles. The van der Waals surface area contributed by atoms with Crippen molar-refractivity contribution < 1.29 is 0 Å². The number of nitrogens with one attached hydrogen (secondary N) is 1. The van der Waals surface area contributed by atoms with Crippen LogP contribution in [0.1, 0.15) is 5.69 Å². The Balaban J connectivity index is 1.64. The van der Waals surface area contributed by atoms with Crippen molar-refractivity contribution in [3.8, 4) is 0 Å². The summed E-state index contributed by atoms with van der Waals surface area (Å²) in [6, 6.07) is 6.08. The first kappa shape index (κ1) is 13.8. The molecule has 0 amide bonds. The van der Waals surface area contributed by atoms with Crippen LogP contribution >= 0.6 is 0 Å². The zero-order valence-corrected chi connectivity index (χ0v) is 12.2. The predicted molar refractivity (Wildman–Crippen MR) is 83.5 cm³/mol. The Hall–Kier alpha value is -2.21. The van der Waals surface area contributed by atoms with E-state index in [-0.39, 0.29) is 0 Å². The van der Waals surface area contributed by atoms with Gasteiger partial charge in [-0.3, -0.25) is 4.98 Å². The van der Waals surface area contributed by atoms with E-state index >= 15 is 0 Å². The van der Waals surface area contributed by atoms with Crippen LogP contribution in [0, 0.1) is 0 Å². The second-order valence-electron chi connectivity index (χ2n) is 5.06. The van der Waals surface area contributed by atoms with Crippen LogP contribution in [-0.2, 0) is 6.54 Å². The summed E-state index contributed by atoms with van der Waals surface area (Å²) in [6.07, 6.45) is 5.47. The maximum atomic E-state index is 4.37. The predicted octanol–water partition coefficient (Wildman–Crippen LogP) is 0.918. The molecule has 2 aromatic rings. The standard InChI is InChI=1S/C15H20N6/c1-16-12-13-11-14(3-6-17-13)20-7-9-21(10-8-20)15-18-4-2-5-19-15/h2-6,11,16H,7-10,12H2,1H3. The molecule has 3 rings (SSSR count). The van der Waals surface area contributed by atoms with Gasteiger partial charge < -0.3 is 15.1 Å². The molecule has 0 aliphatic carbocycles. The number of pyridine rings is 1. The summed E-state index contributed by atoms with van der Waals surface area (Å²) >= 11 is 0. The third kappa shape index (κ3) is 3.28. The Kier molecular flexibility index (Phi) is 4.25. The topological polar surface area (TPSA) is 57.2 Å². The van der Waals surface area contributed by atoms with Gasteiger partial charge in [0.1, 0.15) is 0 Å². The minimum absolute atomic E-state index is 0.797. The van der Waals surface area contributed by atoms with Gasteiger partial charge in [0.05, 0.1) is 5.69 Å². The van der Waals surface area contributed by atoms with E-state index in [4.69, 9.17) is 0 Å². The second-order valence-corrected chi connectivity index (χ2v) is 5.06. The second kappa shape index (κ2) is 6.49. The minimum Gasteiger partial charge on any atom is -0.368 e. The van der Waals surface area contributed by atoms with Crippen LogP contribution in [0.3, 0.4) is 0 Å². The first-order valence-corrected chi connectivity index (χ1v) is 7.23. The van der Waals surface area contributed by atoms with Crippen LogP contribution in [0.2, 0.25) is 0 Å². The number of aromatic nitrogens is 3. The van der Waals surface area contributed by atoms with E-state index in [9.17, 15) is 0 Å². The van der Waals surface area contributed by atoms with Crippen molar-refractivity contribution >= 4 is 11.6 Å². The van der Waals surface area contributed by atoms with Gasteiger partial charge in [0, 0.05) is 57.0 Å². The molecule has 1 aliphatic heterocycles. The summed E-state index contributed by atoms with van der Waals surface area (Å²) < 4.78 is 0. The van der Waals surface area contributed by atoms with Crippen molar-refractivity contribution in [3.05, 3.63) is 42.5 Å². The molecule has 21 heavy (non-hydrogen) atoms. The van der Waals surface area contributed by atoms with Gasteiger partial charge in [-0.2, -0.15) is 0 Å². The van der Waals surface area contributed by atoms with Crippen LogP contribution in [-0.4, -0.2) is 48.2 Å². The fraction of sp³-hybridized carbons (Fsp3) is 0.400. The van der Waals surface area contributed by atoms with Crippen molar-refractivity contribution in [2.75, 3.05) is 43.0 Å². The monoisotopic (exact) mass is 284 g/mol.